The summed E-state index contributed by atoms with van der Waals surface area (Å²) in [6.07, 6.45) is 5.23. The van der Waals surface area contributed by atoms with Crippen LogP contribution in [-0.2, 0) is 13.2 Å². The van der Waals surface area contributed by atoms with Crippen LogP contribution in [0, 0.1) is 0 Å². The standard InChI is InChI=1S/C22H29NO2/c1-3-20-11-7-8-14-23(20)16-19-12-13-21(22(15-19)24-2)25-17-18-9-5-4-6-10-18/h4-6,9-10,12-13,15,20H,3,7-8,11,14,16-17H2,1-2H3/t20-/m1/s1. The Kier molecular flexibility index (Phi) is 6.35. The van der Waals surface area contributed by atoms with Gasteiger partial charge in [0.2, 0.25) is 0 Å². The lowest BCUT2D eigenvalue weighted by Crippen LogP contribution is -2.38. The van der Waals surface area contributed by atoms with Crippen LogP contribution < -0.4 is 9.47 Å². The van der Waals surface area contributed by atoms with E-state index in [1.54, 1.807) is 7.11 Å². The molecular formula is C22H29NO2. The second-order valence-corrected chi connectivity index (χ2v) is 6.79. The predicted molar refractivity (Wildman–Crippen MR) is 102 cm³/mol. The number of methoxy groups -OCH3 is 1. The van der Waals surface area contributed by atoms with Crippen LogP contribution in [0.1, 0.15) is 43.7 Å². The minimum Gasteiger partial charge on any atom is -0.493 e. The van der Waals surface area contributed by atoms with Crippen LogP contribution in [0.5, 0.6) is 11.5 Å². The number of hydrogen-bond acceptors (Lipinski definition) is 3. The first-order valence-electron chi connectivity index (χ1n) is 9.38. The summed E-state index contributed by atoms with van der Waals surface area (Å²) < 4.78 is 11.5. The fraction of sp³-hybridized carbons (Fsp3) is 0.455. The van der Waals surface area contributed by atoms with Gasteiger partial charge in [0.15, 0.2) is 11.5 Å². The molecule has 3 nitrogen and oxygen atoms in total. The summed E-state index contributed by atoms with van der Waals surface area (Å²) in [7, 11) is 1.71. The van der Waals surface area contributed by atoms with Crippen LogP contribution in [0.2, 0.25) is 0 Å². The summed E-state index contributed by atoms with van der Waals surface area (Å²) in [5, 5.41) is 0. The van der Waals surface area contributed by atoms with E-state index >= 15 is 0 Å². The topological polar surface area (TPSA) is 21.7 Å². The Morgan fingerprint density at radius 3 is 2.60 bits per heavy atom. The van der Waals surface area contributed by atoms with E-state index in [2.05, 4.69) is 36.1 Å². The summed E-state index contributed by atoms with van der Waals surface area (Å²) in [5.74, 6) is 1.62. The van der Waals surface area contributed by atoms with Crippen molar-refractivity contribution in [2.75, 3.05) is 13.7 Å². The largest absolute Gasteiger partial charge is 0.493 e. The number of benzene rings is 2. The molecule has 0 N–H and O–H groups in total. The Hall–Kier alpha value is -2.00. The van der Waals surface area contributed by atoms with Crippen molar-refractivity contribution < 1.29 is 9.47 Å². The monoisotopic (exact) mass is 339 g/mol. The molecule has 0 aliphatic carbocycles. The molecule has 1 fully saturated rings. The number of ether oxygens (including phenoxy) is 2. The molecule has 1 aliphatic rings. The number of hydrogen-bond donors (Lipinski definition) is 0. The minimum absolute atomic E-state index is 0.556. The average Bonchev–Trinajstić information content (AvgIpc) is 2.68. The highest BCUT2D eigenvalue weighted by molar-refractivity contribution is 5.43. The average molecular weight is 339 g/mol. The van der Waals surface area contributed by atoms with Gasteiger partial charge in [0.25, 0.3) is 0 Å². The molecule has 1 saturated heterocycles. The smallest absolute Gasteiger partial charge is 0.161 e. The number of nitrogens with zero attached hydrogens (tertiary/aromatic N) is 1. The van der Waals surface area contributed by atoms with Crippen molar-refractivity contribution in [3.63, 3.8) is 0 Å². The molecule has 134 valence electrons. The maximum Gasteiger partial charge on any atom is 0.161 e. The first kappa shape index (κ1) is 17.8. The fourth-order valence-electron chi connectivity index (χ4n) is 3.63. The van der Waals surface area contributed by atoms with Gasteiger partial charge in [-0.15, -0.1) is 0 Å². The number of rotatable bonds is 7. The van der Waals surface area contributed by atoms with E-state index in [4.69, 9.17) is 9.47 Å². The Morgan fingerprint density at radius 2 is 1.84 bits per heavy atom. The maximum absolute atomic E-state index is 5.96. The highest BCUT2D eigenvalue weighted by atomic mass is 16.5. The summed E-state index contributed by atoms with van der Waals surface area (Å²) in [4.78, 5) is 2.61. The summed E-state index contributed by atoms with van der Waals surface area (Å²) in [6, 6.07) is 17.3. The lowest BCUT2D eigenvalue weighted by molar-refractivity contribution is 0.136. The van der Waals surface area contributed by atoms with E-state index in [1.165, 1.54) is 37.8 Å². The van der Waals surface area contributed by atoms with Gasteiger partial charge in [-0.3, -0.25) is 4.90 Å². The summed E-state index contributed by atoms with van der Waals surface area (Å²) in [5.41, 5.74) is 2.46. The molecule has 0 bridgehead atoms. The summed E-state index contributed by atoms with van der Waals surface area (Å²) >= 11 is 0. The molecule has 3 heteroatoms. The molecule has 1 aliphatic heterocycles. The molecule has 2 aromatic rings. The highest BCUT2D eigenvalue weighted by Gasteiger charge is 2.21. The third kappa shape index (κ3) is 4.76. The fourth-order valence-corrected chi connectivity index (χ4v) is 3.63. The Bertz CT molecular complexity index is 656. The molecular weight excluding hydrogens is 310 g/mol. The highest BCUT2D eigenvalue weighted by Crippen LogP contribution is 2.30. The first-order valence-corrected chi connectivity index (χ1v) is 9.38. The molecule has 1 heterocycles. The van der Waals surface area contributed by atoms with Crippen molar-refractivity contribution in [3.05, 3.63) is 59.7 Å². The molecule has 2 aromatic carbocycles. The quantitative estimate of drug-likeness (QED) is 0.705. The van der Waals surface area contributed by atoms with Crippen LogP contribution in [-0.4, -0.2) is 24.6 Å². The number of likely N-dealkylation sites (tertiary alicyclic amines) is 1. The van der Waals surface area contributed by atoms with Gasteiger partial charge in [-0.25, -0.2) is 0 Å². The minimum atomic E-state index is 0.556. The molecule has 0 aromatic heterocycles. The Labute approximate surface area is 151 Å². The van der Waals surface area contributed by atoms with Crippen LogP contribution >= 0.6 is 0 Å². The van der Waals surface area contributed by atoms with Crippen molar-refractivity contribution in [1.82, 2.24) is 4.90 Å². The molecule has 25 heavy (non-hydrogen) atoms. The molecule has 0 radical (unpaired) electrons. The zero-order chi connectivity index (χ0) is 17.5. The van der Waals surface area contributed by atoms with Crippen LogP contribution in [0.15, 0.2) is 48.5 Å². The van der Waals surface area contributed by atoms with Crippen molar-refractivity contribution in [2.45, 2.75) is 51.8 Å². The second kappa shape index (κ2) is 8.91. The normalized spacial score (nSPS) is 18.1. The lowest BCUT2D eigenvalue weighted by atomic mass is 9.99. The van der Waals surface area contributed by atoms with Crippen molar-refractivity contribution in [3.8, 4) is 11.5 Å². The SMILES string of the molecule is CC[C@@H]1CCCCN1Cc1ccc(OCc2ccccc2)c(OC)c1. The van der Waals surface area contributed by atoms with E-state index < -0.39 is 0 Å². The Balaban J connectivity index is 1.66. The first-order chi connectivity index (χ1) is 12.3. The molecule has 0 spiro atoms. The van der Waals surface area contributed by atoms with Gasteiger partial charge in [0, 0.05) is 12.6 Å². The van der Waals surface area contributed by atoms with E-state index in [9.17, 15) is 0 Å². The molecule has 1 atom stereocenters. The summed E-state index contributed by atoms with van der Waals surface area (Å²) in [6.45, 7) is 5.05. The van der Waals surface area contributed by atoms with Gasteiger partial charge >= 0.3 is 0 Å². The second-order valence-electron chi connectivity index (χ2n) is 6.79. The van der Waals surface area contributed by atoms with Gasteiger partial charge in [0.05, 0.1) is 7.11 Å². The molecule has 0 unspecified atom stereocenters. The Morgan fingerprint density at radius 1 is 1.00 bits per heavy atom. The predicted octanol–water partition coefficient (Wildman–Crippen LogP) is 5.04. The van der Waals surface area contributed by atoms with Crippen molar-refractivity contribution in [1.29, 1.82) is 0 Å². The van der Waals surface area contributed by atoms with Crippen molar-refractivity contribution in [2.24, 2.45) is 0 Å². The van der Waals surface area contributed by atoms with Crippen molar-refractivity contribution >= 4 is 0 Å². The van der Waals surface area contributed by atoms with Gasteiger partial charge in [0.1, 0.15) is 6.61 Å². The third-order valence-electron chi connectivity index (χ3n) is 5.07. The zero-order valence-electron chi connectivity index (χ0n) is 15.4. The van der Waals surface area contributed by atoms with Crippen LogP contribution in [0.4, 0.5) is 0 Å². The van der Waals surface area contributed by atoms with Gasteiger partial charge < -0.3 is 9.47 Å². The van der Waals surface area contributed by atoms with Gasteiger partial charge in [-0.2, -0.15) is 0 Å². The maximum atomic E-state index is 5.96. The van der Waals surface area contributed by atoms with E-state index in [-0.39, 0.29) is 0 Å². The third-order valence-corrected chi connectivity index (χ3v) is 5.07. The van der Waals surface area contributed by atoms with Crippen LogP contribution in [0.25, 0.3) is 0 Å². The van der Waals surface area contributed by atoms with Crippen LogP contribution in [0.3, 0.4) is 0 Å². The van der Waals surface area contributed by atoms with Gasteiger partial charge in [-0.1, -0.05) is 49.7 Å². The van der Waals surface area contributed by atoms with Gasteiger partial charge in [-0.05, 0) is 49.1 Å². The number of piperidine rings is 1. The zero-order valence-corrected chi connectivity index (χ0v) is 15.4. The lowest BCUT2D eigenvalue weighted by Gasteiger charge is -2.35. The van der Waals surface area contributed by atoms with E-state index in [1.807, 2.05) is 24.3 Å². The molecule has 0 amide bonds. The van der Waals surface area contributed by atoms with E-state index in [0.717, 1.165) is 23.6 Å². The van der Waals surface area contributed by atoms with E-state index in [0.29, 0.717) is 12.6 Å². The molecule has 3 rings (SSSR count). The molecule has 0 saturated carbocycles.